The molecular weight excluding hydrogens is 454 g/mol. The van der Waals surface area contributed by atoms with Crippen LogP contribution in [0.15, 0.2) is 57.2 Å². The predicted molar refractivity (Wildman–Crippen MR) is 118 cm³/mol. The molecule has 6 nitrogen and oxygen atoms in total. The largest absolute Gasteiger partial charge is 0.376 e. The van der Waals surface area contributed by atoms with Gasteiger partial charge in [0, 0.05) is 46.9 Å². The van der Waals surface area contributed by atoms with Gasteiger partial charge in [-0.2, -0.15) is 0 Å². The van der Waals surface area contributed by atoms with Crippen LogP contribution >= 0.6 is 27.3 Å². The summed E-state index contributed by atoms with van der Waals surface area (Å²) in [4.78, 5) is 31.6. The van der Waals surface area contributed by atoms with Crippen LogP contribution in [-0.2, 0) is 11.8 Å². The van der Waals surface area contributed by atoms with E-state index in [-0.39, 0.29) is 17.6 Å². The first kappa shape index (κ1) is 20.0. The molecule has 150 valence electrons. The van der Waals surface area contributed by atoms with Gasteiger partial charge in [0.25, 0.3) is 11.5 Å². The maximum Gasteiger partial charge on any atom is 0.260 e. The number of benzene rings is 1. The van der Waals surface area contributed by atoms with E-state index in [1.807, 2.05) is 29.6 Å². The molecule has 0 aliphatic carbocycles. The SMILES string of the molecule is Cn1ccc(C(=O)N(C[C@@H]2CCCO2)c2nc(-c3ccc(Br)cc3)cs2)cc1=O. The molecule has 1 fully saturated rings. The van der Waals surface area contributed by atoms with Crippen molar-refractivity contribution in [1.82, 2.24) is 9.55 Å². The summed E-state index contributed by atoms with van der Waals surface area (Å²) in [5, 5.41) is 2.54. The van der Waals surface area contributed by atoms with Crippen LogP contribution in [0.1, 0.15) is 23.2 Å². The summed E-state index contributed by atoms with van der Waals surface area (Å²) in [6.45, 7) is 1.13. The summed E-state index contributed by atoms with van der Waals surface area (Å²) in [7, 11) is 1.66. The van der Waals surface area contributed by atoms with Gasteiger partial charge in [0.05, 0.1) is 18.3 Å². The van der Waals surface area contributed by atoms with E-state index in [2.05, 4.69) is 15.9 Å². The Bertz CT molecular complexity index is 1070. The van der Waals surface area contributed by atoms with Gasteiger partial charge in [0.15, 0.2) is 5.13 Å². The van der Waals surface area contributed by atoms with Crippen molar-refractivity contribution in [3.8, 4) is 11.3 Å². The summed E-state index contributed by atoms with van der Waals surface area (Å²) >= 11 is 4.85. The first-order chi connectivity index (χ1) is 14.0. The molecular formula is C21H20BrN3O3S. The fourth-order valence-electron chi connectivity index (χ4n) is 3.22. The lowest BCUT2D eigenvalue weighted by atomic mass is 10.2. The standard InChI is InChI=1S/C21H20BrN3O3S/c1-24-9-8-15(11-19(24)26)20(27)25(12-17-3-2-10-28-17)21-23-18(13-29-21)14-4-6-16(22)7-5-14/h4-9,11,13,17H,2-3,10,12H2,1H3/t17-/m0/s1. The lowest BCUT2D eigenvalue weighted by molar-refractivity contribution is 0.0917. The van der Waals surface area contributed by atoms with Gasteiger partial charge in [-0.15, -0.1) is 11.3 Å². The number of halogens is 1. The Morgan fingerprint density at radius 2 is 2.14 bits per heavy atom. The Labute approximate surface area is 180 Å². The quantitative estimate of drug-likeness (QED) is 0.559. The van der Waals surface area contributed by atoms with E-state index in [0.717, 1.165) is 28.6 Å². The van der Waals surface area contributed by atoms with Gasteiger partial charge in [0.2, 0.25) is 0 Å². The molecule has 0 saturated carbocycles. The van der Waals surface area contributed by atoms with Crippen LogP contribution in [0.3, 0.4) is 0 Å². The van der Waals surface area contributed by atoms with Crippen molar-refractivity contribution in [3.63, 3.8) is 0 Å². The van der Waals surface area contributed by atoms with E-state index in [1.54, 1.807) is 24.2 Å². The van der Waals surface area contributed by atoms with Gasteiger partial charge in [-0.25, -0.2) is 4.98 Å². The average Bonchev–Trinajstić information content (AvgIpc) is 3.40. The zero-order valence-corrected chi connectivity index (χ0v) is 18.3. The van der Waals surface area contributed by atoms with Crippen LogP contribution in [-0.4, -0.2) is 34.7 Å². The van der Waals surface area contributed by atoms with E-state index in [9.17, 15) is 9.59 Å². The van der Waals surface area contributed by atoms with Crippen LogP contribution in [0.4, 0.5) is 5.13 Å². The van der Waals surface area contributed by atoms with E-state index in [4.69, 9.17) is 9.72 Å². The summed E-state index contributed by atoms with van der Waals surface area (Å²) in [6, 6.07) is 10.9. The Morgan fingerprint density at radius 1 is 1.34 bits per heavy atom. The fraction of sp³-hybridized carbons (Fsp3) is 0.286. The van der Waals surface area contributed by atoms with Crippen molar-refractivity contribution in [1.29, 1.82) is 0 Å². The zero-order valence-electron chi connectivity index (χ0n) is 15.9. The highest BCUT2D eigenvalue weighted by Gasteiger charge is 2.27. The number of rotatable bonds is 5. The van der Waals surface area contributed by atoms with Crippen molar-refractivity contribution in [2.24, 2.45) is 7.05 Å². The van der Waals surface area contributed by atoms with Gasteiger partial charge in [-0.1, -0.05) is 28.1 Å². The van der Waals surface area contributed by atoms with Crippen LogP contribution in [0.2, 0.25) is 0 Å². The van der Waals surface area contributed by atoms with Gasteiger partial charge < -0.3 is 9.30 Å². The molecule has 1 amide bonds. The number of amides is 1. The third-order valence-electron chi connectivity index (χ3n) is 4.87. The molecule has 1 aliphatic heterocycles. The number of aromatic nitrogens is 2. The summed E-state index contributed by atoms with van der Waals surface area (Å²) in [5.41, 5.74) is 1.93. The molecule has 4 rings (SSSR count). The molecule has 0 unspecified atom stereocenters. The number of pyridine rings is 1. The van der Waals surface area contributed by atoms with Crippen LogP contribution in [0.5, 0.6) is 0 Å². The third-order valence-corrected chi connectivity index (χ3v) is 6.26. The molecule has 8 heteroatoms. The normalized spacial score (nSPS) is 16.1. The van der Waals surface area contributed by atoms with Crippen molar-refractivity contribution < 1.29 is 9.53 Å². The minimum Gasteiger partial charge on any atom is -0.376 e. The number of carbonyl (C=O) groups is 1. The number of hydrogen-bond donors (Lipinski definition) is 0. The van der Waals surface area contributed by atoms with Gasteiger partial charge in [-0.05, 0) is 31.0 Å². The Hall–Kier alpha value is -2.29. The van der Waals surface area contributed by atoms with Gasteiger partial charge in [-0.3, -0.25) is 14.5 Å². The van der Waals surface area contributed by atoms with Crippen molar-refractivity contribution in [2.75, 3.05) is 18.1 Å². The smallest absolute Gasteiger partial charge is 0.260 e. The molecule has 0 N–H and O–H groups in total. The second-order valence-electron chi connectivity index (χ2n) is 6.94. The number of hydrogen-bond acceptors (Lipinski definition) is 5. The number of aryl methyl sites for hydroxylation is 1. The molecule has 29 heavy (non-hydrogen) atoms. The van der Waals surface area contributed by atoms with Crippen LogP contribution in [0, 0.1) is 0 Å². The molecule has 0 spiro atoms. The molecule has 1 aliphatic rings. The Kier molecular flexibility index (Phi) is 5.94. The lowest BCUT2D eigenvalue weighted by Gasteiger charge is -2.23. The average molecular weight is 474 g/mol. The number of anilines is 1. The molecule has 1 atom stereocenters. The molecule has 0 bridgehead atoms. The van der Waals surface area contributed by atoms with E-state index < -0.39 is 0 Å². The minimum absolute atomic E-state index is 0.0227. The molecule has 1 aromatic carbocycles. The number of carbonyl (C=O) groups excluding carboxylic acids is 1. The molecule has 1 saturated heterocycles. The second kappa shape index (κ2) is 8.61. The molecule has 2 aromatic heterocycles. The van der Waals surface area contributed by atoms with E-state index >= 15 is 0 Å². The van der Waals surface area contributed by atoms with E-state index in [1.165, 1.54) is 22.0 Å². The number of nitrogens with zero attached hydrogens (tertiary/aromatic N) is 3. The zero-order chi connectivity index (χ0) is 20.4. The lowest BCUT2D eigenvalue weighted by Crippen LogP contribution is -2.38. The molecule has 3 aromatic rings. The monoisotopic (exact) mass is 473 g/mol. The minimum atomic E-state index is -0.241. The highest BCUT2D eigenvalue weighted by molar-refractivity contribution is 9.10. The molecule has 0 radical (unpaired) electrons. The number of thiazole rings is 1. The Morgan fingerprint density at radius 3 is 2.83 bits per heavy atom. The summed E-state index contributed by atoms with van der Waals surface area (Å²) in [6.07, 6.45) is 3.48. The highest BCUT2D eigenvalue weighted by Crippen LogP contribution is 2.30. The number of ether oxygens (including phenoxy) is 1. The maximum absolute atomic E-state index is 13.3. The maximum atomic E-state index is 13.3. The highest BCUT2D eigenvalue weighted by atomic mass is 79.9. The van der Waals surface area contributed by atoms with Crippen molar-refractivity contribution >= 4 is 38.3 Å². The summed E-state index contributed by atoms with van der Waals surface area (Å²) < 4.78 is 8.19. The van der Waals surface area contributed by atoms with Crippen molar-refractivity contribution in [2.45, 2.75) is 18.9 Å². The Balaban J connectivity index is 1.66. The van der Waals surface area contributed by atoms with Crippen LogP contribution < -0.4 is 10.5 Å². The van der Waals surface area contributed by atoms with Crippen LogP contribution in [0.25, 0.3) is 11.3 Å². The fourth-order valence-corrected chi connectivity index (χ4v) is 4.32. The third kappa shape index (κ3) is 4.49. The summed E-state index contributed by atoms with van der Waals surface area (Å²) in [5.74, 6) is -0.241. The second-order valence-corrected chi connectivity index (χ2v) is 8.69. The molecule has 3 heterocycles. The first-order valence-corrected chi connectivity index (χ1v) is 11.0. The predicted octanol–water partition coefficient (Wildman–Crippen LogP) is 4.10. The van der Waals surface area contributed by atoms with Gasteiger partial charge >= 0.3 is 0 Å². The first-order valence-electron chi connectivity index (χ1n) is 9.33. The van der Waals surface area contributed by atoms with Crippen molar-refractivity contribution in [3.05, 3.63) is 68.4 Å². The topological polar surface area (TPSA) is 64.4 Å². The van der Waals surface area contributed by atoms with Gasteiger partial charge in [0.1, 0.15) is 0 Å². The van der Waals surface area contributed by atoms with E-state index in [0.29, 0.717) is 23.8 Å².